The van der Waals surface area contributed by atoms with Crippen LogP contribution in [0, 0.1) is 5.92 Å². The lowest BCUT2D eigenvalue weighted by atomic mass is 9.91. The maximum Gasteiger partial charge on any atom is 0.407 e. The molecule has 2 unspecified atom stereocenters. The highest BCUT2D eigenvalue weighted by Crippen LogP contribution is 2.24. The van der Waals surface area contributed by atoms with Gasteiger partial charge >= 0.3 is 6.09 Å². The van der Waals surface area contributed by atoms with E-state index in [2.05, 4.69) is 4.18 Å². The van der Waals surface area contributed by atoms with Crippen molar-refractivity contribution >= 4 is 16.2 Å². The molecule has 1 heterocycles. The third-order valence-corrected chi connectivity index (χ3v) is 2.91. The molecule has 14 heavy (non-hydrogen) atoms. The van der Waals surface area contributed by atoms with E-state index < -0.39 is 16.2 Å². The number of likely N-dealkylation sites (tertiary alicyclic amines) is 1. The minimum atomic E-state index is -3.42. The molecule has 0 aromatic rings. The van der Waals surface area contributed by atoms with Gasteiger partial charge in [0, 0.05) is 18.5 Å². The lowest BCUT2D eigenvalue weighted by Gasteiger charge is -2.43. The molecule has 2 atom stereocenters. The van der Waals surface area contributed by atoms with E-state index in [0.29, 0.717) is 6.54 Å². The number of hydrogen-bond acceptors (Lipinski definition) is 4. The lowest BCUT2D eigenvalue weighted by molar-refractivity contribution is 0.0119. The van der Waals surface area contributed by atoms with Crippen LogP contribution in [0.3, 0.4) is 0 Å². The standard InChI is InChI=1S/C7H13NO5S/c1-5-6(3-8(5)7(9)10)4-13-14(2,11)12/h5-6H,3-4H2,1-2H3,(H,9,10). The predicted octanol–water partition coefficient (Wildman–Crippen LogP) is -0.0391. The first-order valence-electron chi connectivity index (χ1n) is 4.15. The zero-order chi connectivity index (χ0) is 10.9. The second kappa shape index (κ2) is 3.74. The Labute approximate surface area is 82.6 Å². The zero-order valence-corrected chi connectivity index (χ0v) is 8.82. The fraction of sp³-hybridized carbons (Fsp3) is 0.857. The van der Waals surface area contributed by atoms with Gasteiger partial charge in [0.1, 0.15) is 0 Å². The molecule has 1 aliphatic heterocycles. The third-order valence-electron chi connectivity index (χ3n) is 2.35. The van der Waals surface area contributed by atoms with E-state index in [-0.39, 0.29) is 18.6 Å². The molecule has 0 bridgehead atoms. The molecular formula is C7H13NO5S. The van der Waals surface area contributed by atoms with E-state index in [1.54, 1.807) is 6.92 Å². The zero-order valence-electron chi connectivity index (χ0n) is 8.00. The Morgan fingerprint density at radius 3 is 2.57 bits per heavy atom. The van der Waals surface area contributed by atoms with Crippen LogP contribution in [0.25, 0.3) is 0 Å². The molecule has 0 radical (unpaired) electrons. The van der Waals surface area contributed by atoms with Gasteiger partial charge in [-0.3, -0.25) is 4.18 Å². The van der Waals surface area contributed by atoms with Crippen molar-refractivity contribution in [2.45, 2.75) is 13.0 Å². The Kier molecular flexibility index (Phi) is 3.01. The summed E-state index contributed by atoms with van der Waals surface area (Å²) in [5.41, 5.74) is 0. The molecule has 6 nitrogen and oxygen atoms in total. The summed E-state index contributed by atoms with van der Waals surface area (Å²) in [5, 5.41) is 8.62. The monoisotopic (exact) mass is 223 g/mol. The Hall–Kier alpha value is -0.820. The van der Waals surface area contributed by atoms with Crippen molar-refractivity contribution in [3.63, 3.8) is 0 Å². The fourth-order valence-electron chi connectivity index (χ4n) is 1.34. The highest BCUT2D eigenvalue weighted by atomic mass is 32.2. The summed E-state index contributed by atoms with van der Waals surface area (Å²) >= 11 is 0. The van der Waals surface area contributed by atoms with Crippen LogP contribution in [-0.2, 0) is 14.3 Å². The van der Waals surface area contributed by atoms with E-state index in [1.807, 2.05) is 0 Å². The van der Waals surface area contributed by atoms with Crippen molar-refractivity contribution in [1.82, 2.24) is 4.90 Å². The quantitative estimate of drug-likeness (QED) is 0.679. The number of carboxylic acid groups (broad SMARTS) is 1. The summed E-state index contributed by atoms with van der Waals surface area (Å²) in [6.45, 7) is 2.13. The van der Waals surface area contributed by atoms with E-state index in [9.17, 15) is 13.2 Å². The first-order valence-corrected chi connectivity index (χ1v) is 5.97. The lowest BCUT2D eigenvalue weighted by Crippen LogP contribution is -2.58. The average molecular weight is 223 g/mol. The summed E-state index contributed by atoms with van der Waals surface area (Å²) in [5.74, 6) is -0.0270. The van der Waals surface area contributed by atoms with Gasteiger partial charge in [-0.15, -0.1) is 0 Å². The minimum absolute atomic E-state index is 0.0270. The molecule has 0 saturated carbocycles. The van der Waals surface area contributed by atoms with Crippen LogP contribution >= 0.6 is 0 Å². The SMILES string of the molecule is CC1C(COS(C)(=O)=O)CN1C(=O)O. The molecule has 1 N–H and O–H groups in total. The van der Waals surface area contributed by atoms with Crippen molar-refractivity contribution in [2.75, 3.05) is 19.4 Å². The van der Waals surface area contributed by atoms with Gasteiger partial charge in [0.25, 0.3) is 10.1 Å². The van der Waals surface area contributed by atoms with E-state index >= 15 is 0 Å². The molecular weight excluding hydrogens is 210 g/mol. The summed E-state index contributed by atoms with van der Waals surface area (Å²) in [6.07, 6.45) is -0.00113. The van der Waals surface area contributed by atoms with Crippen molar-refractivity contribution in [3.8, 4) is 0 Å². The van der Waals surface area contributed by atoms with E-state index in [4.69, 9.17) is 5.11 Å². The highest BCUT2D eigenvalue weighted by molar-refractivity contribution is 7.85. The van der Waals surface area contributed by atoms with Gasteiger partial charge in [0.2, 0.25) is 0 Å². The second-order valence-electron chi connectivity index (χ2n) is 3.42. The smallest absolute Gasteiger partial charge is 0.407 e. The first kappa shape index (κ1) is 11.3. The van der Waals surface area contributed by atoms with Crippen LogP contribution in [0.4, 0.5) is 4.79 Å². The van der Waals surface area contributed by atoms with Crippen LogP contribution < -0.4 is 0 Å². The van der Waals surface area contributed by atoms with Gasteiger partial charge in [-0.1, -0.05) is 0 Å². The number of carbonyl (C=O) groups is 1. The molecule has 1 amide bonds. The van der Waals surface area contributed by atoms with Crippen LogP contribution in [0.5, 0.6) is 0 Å². The van der Waals surface area contributed by atoms with Gasteiger partial charge in [-0.2, -0.15) is 8.42 Å². The third kappa shape index (κ3) is 2.58. The average Bonchev–Trinajstić information content (AvgIpc) is 1.98. The Morgan fingerprint density at radius 2 is 2.21 bits per heavy atom. The summed E-state index contributed by atoms with van der Waals surface area (Å²) in [7, 11) is -3.42. The molecule has 1 rings (SSSR count). The maximum atomic E-state index is 10.6. The van der Waals surface area contributed by atoms with Gasteiger partial charge in [-0.25, -0.2) is 4.79 Å². The Morgan fingerprint density at radius 1 is 1.64 bits per heavy atom. The van der Waals surface area contributed by atoms with Crippen molar-refractivity contribution in [1.29, 1.82) is 0 Å². The maximum absolute atomic E-state index is 10.6. The molecule has 0 aromatic heterocycles. The first-order chi connectivity index (χ1) is 6.31. The molecule has 0 aromatic carbocycles. The van der Waals surface area contributed by atoms with Crippen LogP contribution in [0.15, 0.2) is 0 Å². The Balaban J connectivity index is 2.35. The summed E-state index contributed by atoms with van der Waals surface area (Å²) in [4.78, 5) is 11.8. The van der Waals surface area contributed by atoms with E-state index in [0.717, 1.165) is 6.26 Å². The van der Waals surface area contributed by atoms with Gasteiger partial charge in [0.15, 0.2) is 0 Å². The molecule has 0 aliphatic carbocycles. The molecule has 82 valence electrons. The number of hydrogen-bond donors (Lipinski definition) is 1. The van der Waals surface area contributed by atoms with Crippen molar-refractivity contribution in [3.05, 3.63) is 0 Å². The molecule has 1 aliphatic rings. The van der Waals surface area contributed by atoms with Crippen LogP contribution in [0.2, 0.25) is 0 Å². The Bertz CT molecular complexity index is 325. The van der Waals surface area contributed by atoms with Crippen molar-refractivity contribution < 1.29 is 22.5 Å². The second-order valence-corrected chi connectivity index (χ2v) is 5.07. The molecule has 1 fully saturated rings. The van der Waals surface area contributed by atoms with E-state index in [1.165, 1.54) is 4.90 Å². The van der Waals surface area contributed by atoms with Crippen LogP contribution in [0.1, 0.15) is 6.92 Å². The largest absolute Gasteiger partial charge is 0.465 e. The molecule has 1 saturated heterocycles. The minimum Gasteiger partial charge on any atom is -0.465 e. The number of rotatable bonds is 3. The predicted molar refractivity (Wildman–Crippen MR) is 48.5 cm³/mol. The molecule has 0 spiro atoms. The fourth-order valence-corrected chi connectivity index (χ4v) is 1.77. The normalized spacial score (nSPS) is 27.1. The topological polar surface area (TPSA) is 83.9 Å². The van der Waals surface area contributed by atoms with Crippen LogP contribution in [-0.4, -0.2) is 50.0 Å². The highest BCUT2D eigenvalue weighted by Gasteiger charge is 2.39. The number of nitrogens with zero attached hydrogens (tertiary/aromatic N) is 1. The number of amides is 1. The summed E-state index contributed by atoms with van der Waals surface area (Å²) in [6, 6.07) is -0.172. The summed E-state index contributed by atoms with van der Waals surface area (Å²) < 4.78 is 25.9. The van der Waals surface area contributed by atoms with Gasteiger partial charge < -0.3 is 10.0 Å². The molecule has 7 heteroatoms. The van der Waals surface area contributed by atoms with Gasteiger partial charge in [-0.05, 0) is 6.92 Å². The van der Waals surface area contributed by atoms with Gasteiger partial charge in [0.05, 0.1) is 12.9 Å². The van der Waals surface area contributed by atoms with Crippen molar-refractivity contribution in [2.24, 2.45) is 5.92 Å².